The minimum Gasteiger partial charge on any atom is -0.383 e. The van der Waals surface area contributed by atoms with E-state index in [0.29, 0.717) is 15.7 Å². The second-order valence-electron chi connectivity index (χ2n) is 4.12. The zero-order valence-electron chi connectivity index (χ0n) is 10.4. The molecule has 3 N–H and O–H groups in total. The van der Waals surface area contributed by atoms with Gasteiger partial charge in [-0.2, -0.15) is 0 Å². The number of anilines is 2. The fraction of sp³-hybridized carbons (Fsp3) is 0.0769. The number of nitrogen functional groups attached to an aromatic ring is 1. The number of benzene rings is 1. The molecule has 1 aromatic carbocycles. The lowest BCUT2D eigenvalue weighted by molar-refractivity contribution is 0.102. The molecule has 1 aromatic heterocycles. The van der Waals surface area contributed by atoms with E-state index in [1.807, 2.05) is 0 Å². The first-order valence-corrected chi connectivity index (χ1v) is 7.15. The molecule has 7 heteroatoms. The molecule has 0 unspecified atom stereocenters. The maximum absolute atomic E-state index is 13.3. The Morgan fingerprint density at radius 2 is 2.05 bits per heavy atom. The number of carbonyl (C=O) groups excluding carboxylic acids is 1. The molecule has 0 radical (unpaired) electrons. The Bertz CT molecular complexity index is 692. The van der Waals surface area contributed by atoms with Crippen LogP contribution in [-0.2, 0) is 0 Å². The number of hydrogen-bond donors (Lipinski definition) is 2. The van der Waals surface area contributed by atoms with Crippen molar-refractivity contribution < 1.29 is 9.18 Å². The smallest absolute Gasteiger partial charge is 0.259 e. The van der Waals surface area contributed by atoms with Gasteiger partial charge in [-0.15, -0.1) is 0 Å². The SMILES string of the molecule is Cc1cc(F)c(Br)cc1NC(=O)c1cc(Br)cnc1N. The van der Waals surface area contributed by atoms with E-state index in [4.69, 9.17) is 5.73 Å². The molecular formula is C13H10Br2FN3O. The molecule has 104 valence electrons. The summed E-state index contributed by atoms with van der Waals surface area (Å²) in [6.07, 6.45) is 1.51. The molecule has 2 rings (SSSR count). The highest BCUT2D eigenvalue weighted by Crippen LogP contribution is 2.25. The number of nitrogens with one attached hydrogen (secondary N) is 1. The average molecular weight is 403 g/mol. The van der Waals surface area contributed by atoms with Crippen LogP contribution in [0.2, 0.25) is 0 Å². The second kappa shape index (κ2) is 5.88. The van der Waals surface area contributed by atoms with Crippen molar-refractivity contribution in [1.29, 1.82) is 0 Å². The summed E-state index contributed by atoms with van der Waals surface area (Å²) in [6.45, 7) is 1.70. The van der Waals surface area contributed by atoms with Gasteiger partial charge in [0.2, 0.25) is 0 Å². The number of nitrogens with zero attached hydrogens (tertiary/aromatic N) is 1. The van der Waals surface area contributed by atoms with Gasteiger partial charge in [0.1, 0.15) is 11.6 Å². The lowest BCUT2D eigenvalue weighted by Gasteiger charge is -2.10. The summed E-state index contributed by atoms with van der Waals surface area (Å²) in [5, 5.41) is 2.69. The fourth-order valence-corrected chi connectivity index (χ4v) is 2.28. The quantitative estimate of drug-likeness (QED) is 0.800. The molecule has 0 aliphatic heterocycles. The van der Waals surface area contributed by atoms with E-state index in [-0.39, 0.29) is 21.7 Å². The zero-order valence-corrected chi connectivity index (χ0v) is 13.5. The lowest BCUT2D eigenvalue weighted by atomic mass is 10.1. The van der Waals surface area contributed by atoms with Crippen LogP contribution in [-0.4, -0.2) is 10.9 Å². The standard InChI is InChI=1S/C13H10Br2FN3O/c1-6-2-10(16)9(15)4-11(6)19-13(20)8-3-7(14)5-18-12(8)17/h2-5H,1H3,(H2,17,18)(H,19,20). The molecule has 4 nitrogen and oxygen atoms in total. The van der Waals surface area contributed by atoms with E-state index in [1.165, 1.54) is 18.3 Å². The van der Waals surface area contributed by atoms with Crippen molar-refractivity contribution >= 4 is 49.3 Å². The van der Waals surface area contributed by atoms with Gasteiger partial charge in [-0.25, -0.2) is 9.37 Å². The summed E-state index contributed by atoms with van der Waals surface area (Å²) in [5.41, 5.74) is 7.04. The first-order chi connectivity index (χ1) is 9.38. The molecule has 0 spiro atoms. The van der Waals surface area contributed by atoms with Crippen LogP contribution in [0.5, 0.6) is 0 Å². The van der Waals surface area contributed by atoms with Crippen LogP contribution >= 0.6 is 31.9 Å². The molecule has 0 aliphatic carbocycles. The van der Waals surface area contributed by atoms with Crippen molar-refractivity contribution in [3.05, 3.63) is 50.3 Å². The highest BCUT2D eigenvalue weighted by Gasteiger charge is 2.14. The first kappa shape index (κ1) is 14.9. The largest absolute Gasteiger partial charge is 0.383 e. The lowest BCUT2D eigenvalue weighted by Crippen LogP contribution is -2.15. The van der Waals surface area contributed by atoms with Gasteiger partial charge in [-0.3, -0.25) is 4.79 Å². The molecule has 1 amide bonds. The summed E-state index contributed by atoms with van der Waals surface area (Å²) in [7, 11) is 0. The van der Waals surface area contributed by atoms with Crippen molar-refractivity contribution in [2.24, 2.45) is 0 Å². The Hall–Kier alpha value is -1.47. The van der Waals surface area contributed by atoms with Crippen LogP contribution in [0.4, 0.5) is 15.9 Å². The number of halogens is 3. The fourth-order valence-electron chi connectivity index (χ4n) is 1.60. The maximum atomic E-state index is 13.3. The van der Waals surface area contributed by atoms with Gasteiger partial charge in [0.25, 0.3) is 5.91 Å². The van der Waals surface area contributed by atoms with E-state index in [9.17, 15) is 9.18 Å². The number of hydrogen-bond acceptors (Lipinski definition) is 3. The Morgan fingerprint density at radius 3 is 2.75 bits per heavy atom. The predicted molar refractivity (Wildman–Crippen MR) is 83.1 cm³/mol. The Kier molecular flexibility index (Phi) is 4.39. The summed E-state index contributed by atoms with van der Waals surface area (Å²) >= 11 is 6.31. The molecule has 20 heavy (non-hydrogen) atoms. The van der Waals surface area contributed by atoms with Crippen LogP contribution in [0.15, 0.2) is 33.3 Å². The Balaban J connectivity index is 2.32. The number of rotatable bonds is 2. The van der Waals surface area contributed by atoms with Crippen LogP contribution in [0.3, 0.4) is 0 Å². The third-order valence-electron chi connectivity index (χ3n) is 2.65. The van der Waals surface area contributed by atoms with Gasteiger partial charge in [0.05, 0.1) is 10.0 Å². The van der Waals surface area contributed by atoms with E-state index >= 15 is 0 Å². The van der Waals surface area contributed by atoms with Crippen LogP contribution < -0.4 is 11.1 Å². The van der Waals surface area contributed by atoms with Crippen molar-refractivity contribution in [3.63, 3.8) is 0 Å². The number of pyridine rings is 1. The molecule has 0 saturated carbocycles. The molecule has 0 saturated heterocycles. The first-order valence-electron chi connectivity index (χ1n) is 5.56. The topological polar surface area (TPSA) is 68.0 Å². The Morgan fingerprint density at radius 1 is 1.35 bits per heavy atom. The predicted octanol–water partition coefficient (Wildman–Crippen LogP) is 3.89. The number of carbonyl (C=O) groups is 1. The molecule has 0 bridgehead atoms. The summed E-state index contributed by atoms with van der Waals surface area (Å²) in [4.78, 5) is 16.1. The number of aromatic nitrogens is 1. The van der Waals surface area contributed by atoms with E-state index in [0.717, 1.165) is 0 Å². The van der Waals surface area contributed by atoms with Crippen molar-refractivity contribution in [2.75, 3.05) is 11.1 Å². The highest BCUT2D eigenvalue weighted by atomic mass is 79.9. The van der Waals surface area contributed by atoms with Gasteiger partial charge in [0.15, 0.2) is 0 Å². The molecular weight excluding hydrogens is 393 g/mol. The summed E-state index contributed by atoms with van der Waals surface area (Å²) in [6, 6.07) is 4.41. The van der Waals surface area contributed by atoms with Crippen molar-refractivity contribution in [3.8, 4) is 0 Å². The van der Waals surface area contributed by atoms with Gasteiger partial charge >= 0.3 is 0 Å². The number of nitrogens with two attached hydrogens (primary N) is 1. The van der Waals surface area contributed by atoms with Crippen LogP contribution in [0.25, 0.3) is 0 Å². The van der Waals surface area contributed by atoms with E-state index < -0.39 is 5.91 Å². The molecule has 0 fully saturated rings. The van der Waals surface area contributed by atoms with Gasteiger partial charge in [-0.05, 0) is 62.5 Å². The van der Waals surface area contributed by atoms with Gasteiger partial charge < -0.3 is 11.1 Å². The number of aryl methyl sites for hydroxylation is 1. The molecule has 0 atom stereocenters. The third-order valence-corrected chi connectivity index (χ3v) is 3.69. The minimum absolute atomic E-state index is 0.129. The van der Waals surface area contributed by atoms with Crippen LogP contribution in [0, 0.1) is 12.7 Å². The highest BCUT2D eigenvalue weighted by molar-refractivity contribution is 9.10. The van der Waals surface area contributed by atoms with Crippen molar-refractivity contribution in [1.82, 2.24) is 4.98 Å². The van der Waals surface area contributed by atoms with Gasteiger partial charge in [-0.1, -0.05) is 0 Å². The normalized spacial score (nSPS) is 10.4. The van der Waals surface area contributed by atoms with Crippen molar-refractivity contribution in [2.45, 2.75) is 6.92 Å². The Labute approximate surface area is 131 Å². The monoisotopic (exact) mass is 401 g/mol. The summed E-state index contributed by atoms with van der Waals surface area (Å²) in [5.74, 6) is -0.661. The third kappa shape index (κ3) is 3.16. The minimum atomic E-state index is -0.405. The average Bonchev–Trinajstić information content (AvgIpc) is 2.38. The summed E-state index contributed by atoms with van der Waals surface area (Å²) < 4.78 is 14.3. The molecule has 2 aromatic rings. The second-order valence-corrected chi connectivity index (χ2v) is 5.89. The zero-order chi connectivity index (χ0) is 14.9. The molecule has 1 heterocycles. The van der Waals surface area contributed by atoms with E-state index in [2.05, 4.69) is 42.2 Å². The van der Waals surface area contributed by atoms with Crippen LogP contribution in [0.1, 0.15) is 15.9 Å². The van der Waals surface area contributed by atoms with Gasteiger partial charge in [0, 0.05) is 16.4 Å². The molecule has 0 aliphatic rings. The number of amides is 1. The van der Waals surface area contributed by atoms with E-state index in [1.54, 1.807) is 13.0 Å². The maximum Gasteiger partial charge on any atom is 0.259 e.